The number of rotatable bonds is 4. The highest BCUT2D eigenvalue weighted by molar-refractivity contribution is 5.85. The van der Waals surface area contributed by atoms with Gasteiger partial charge in [-0.3, -0.25) is 0 Å². The molecule has 5 heteroatoms. The number of alkyl halides is 2. The standard InChI is InChI=1S/C22H19F2N3/c1-14-8-10-16(11-9-14)13-27-22-20(15(2)26-27)18(21(23)24)12-19(25-22)17-6-4-3-5-7-17/h3-12,21H,13H2,1-2H3. The average molecular weight is 363 g/mol. The molecule has 0 aliphatic heterocycles. The number of aromatic nitrogens is 3. The maximum atomic E-state index is 13.8. The number of hydrogen-bond donors (Lipinski definition) is 0. The second-order valence-electron chi connectivity index (χ2n) is 6.69. The molecule has 2 heterocycles. The van der Waals surface area contributed by atoms with Crippen molar-refractivity contribution in [3.05, 3.63) is 83.0 Å². The minimum Gasteiger partial charge on any atom is -0.243 e. The van der Waals surface area contributed by atoms with Gasteiger partial charge in [0, 0.05) is 11.1 Å². The van der Waals surface area contributed by atoms with Gasteiger partial charge in [0.25, 0.3) is 6.43 Å². The van der Waals surface area contributed by atoms with Crippen LogP contribution in [0.1, 0.15) is 28.8 Å². The Bertz CT molecular complexity index is 1080. The van der Waals surface area contributed by atoms with Crippen LogP contribution in [0.25, 0.3) is 22.3 Å². The Morgan fingerprint density at radius 2 is 1.67 bits per heavy atom. The molecular formula is C22H19F2N3. The van der Waals surface area contributed by atoms with Crippen molar-refractivity contribution < 1.29 is 8.78 Å². The largest absolute Gasteiger partial charge is 0.264 e. The highest BCUT2D eigenvalue weighted by Gasteiger charge is 2.21. The van der Waals surface area contributed by atoms with E-state index in [0.29, 0.717) is 29.0 Å². The van der Waals surface area contributed by atoms with Crippen LogP contribution in [0.15, 0.2) is 60.7 Å². The fourth-order valence-electron chi connectivity index (χ4n) is 3.29. The van der Waals surface area contributed by atoms with Crippen LogP contribution in [-0.2, 0) is 6.54 Å². The smallest absolute Gasteiger partial charge is 0.243 e. The molecule has 2 aromatic carbocycles. The van der Waals surface area contributed by atoms with Crippen molar-refractivity contribution in [2.24, 2.45) is 0 Å². The van der Waals surface area contributed by atoms with Gasteiger partial charge in [0.2, 0.25) is 0 Å². The predicted octanol–water partition coefficient (Wildman–Crippen LogP) is 5.70. The summed E-state index contributed by atoms with van der Waals surface area (Å²) in [6.07, 6.45) is -2.59. The molecule has 0 N–H and O–H groups in total. The van der Waals surface area contributed by atoms with Crippen molar-refractivity contribution in [3.63, 3.8) is 0 Å². The summed E-state index contributed by atoms with van der Waals surface area (Å²) in [6, 6.07) is 19.0. The van der Waals surface area contributed by atoms with E-state index >= 15 is 0 Å². The van der Waals surface area contributed by atoms with Crippen LogP contribution in [-0.4, -0.2) is 14.8 Å². The molecule has 0 aliphatic carbocycles. The molecule has 0 spiro atoms. The van der Waals surface area contributed by atoms with E-state index in [9.17, 15) is 8.78 Å². The van der Waals surface area contributed by atoms with Crippen molar-refractivity contribution in [2.45, 2.75) is 26.8 Å². The summed E-state index contributed by atoms with van der Waals surface area (Å²) in [5, 5.41) is 4.95. The van der Waals surface area contributed by atoms with Crippen molar-refractivity contribution in [1.82, 2.24) is 14.8 Å². The van der Waals surface area contributed by atoms with E-state index in [-0.39, 0.29) is 5.56 Å². The second-order valence-corrected chi connectivity index (χ2v) is 6.69. The highest BCUT2D eigenvalue weighted by atomic mass is 19.3. The van der Waals surface area contributed by atoms with Crippen LogP contribution < -0.4 is 0 Å². The SMILES string of the molecule is Cc1ccc(Cn2nc(C)c3c(C(F)F)cc(-c4ccccc4)nc32)cc1. The first-order valence-corrected chi connectivity index (χ1v) is 8.80. The van der Waals surface area contributed by atoms with E-state index in [2.05, 4.69) is 5.10 Å². The van der Waals surface area contributed by atoms with Gasteiger partial charge in [0.1, 0.15) is 0 Å². The topological polar surface area (TPSA) is 30.7 Å². The first-order valence-electron chi connectivity index (χ1n) is 8.80. The van der Waals surface area contributed by atoms with Gasteiger partial charge in [-0.2, -0.15) is 5.10 Å². The van der Waals surface area contributed by atoms with Crippen LogP contribution in [0.2, 0.25) is 0 Å². The monoisotopic (exact) mass is 363 g/mol. The average Bonchev–Trinajstić information content (AvgIpc) is 2.99. The molecule has 0 fully saturated rings. The molecule has 0 radical (unpaired) electrons. The number of aryl methyl sites for hydroxylation is 2. The Morgan fingerprint density at radius 3 is 2.33 bits per heavy atom. The number of nitrogens with zero attached hydrogens (tertiary/aromatic N) is 3. The molecule has 136 valence electrons. The fourth-order valence-corrected chi connectivity index (χ4v) is 3.29. The number of benzene rings is 2. The maximum Gasteiger partial charge on any atom is 0.264 e. The van der Waals surface area contributed by atoms with Crippen molar-refractivity contribution in [3.8, 4) is 11.3 Å². The minimum atomic E-state index is -2.59. The lowest BCUT2D eigenvalue weighted by Crippen LogP contribution is -2.04. The summed E-state index contributed by atoms with van der Waals surface area (Å²) in [6.45, 7) is 4.27. The van der Waals surface area contributed by atoms with Gasteiger partial charge in [0.15, 0.2) is 5.65 Å². The van der Waals surface area contributed by atoms with Gasteiger partial charge < -0.3 is 0 Å². The lowest BCUT2D eigenvalue weighted by molar-refractivity contribution is 0.153. The summed E-state index contributed by atoms with van der Waals surface area (Å²) in [7, 11) is 0. The van der Waals surface area contributed by atoms with E-state index in [1.807, 2.05) is 61.5 Å². The summed E-state index contributed by atoms with van der Waals surface area (Å²) in [5.41, 5.74) is 4.60. The van der Waals surface area contributed by atoms with E-state index in [4.69, 9.17) is 4.98 Å². The molecule has 27 heavy (non-hydrogen) atoms. The number of hydrogen-bond acceptors (Lipinski definition) is 2. The molecule has 0 saturated heterocycles. The molecule has 0 bridgehead atoms. The molecule has 3 nitrogen and oxygen atoms in total. The third kappa shape index (κ3) is 3.33. The summed E-state index contributed by atoms with van der Waals surface area (Å²) >= 11 is 0. The third-order valence-corrected chi connectivity index (χ3v) is 4.67. The molecule has 0 unspecified atom stereocenters. The summed E-state index contributed by atoms with van der Waals surface area (Å²) in [4.78, 5) is 4.69. The Morgan fingerprint density at radius 1 is 0.963 bits per heavy atom. The third-order valence-electron chi connectivity index (χ3n) is 4.67. The van der Waals surface area contributed by atoms with Crippen LogP contribution in [0, 0.1) is 13.8 Å². The predicted molar refractivity (Wildman–Crippen MR) is 103 cm³/mol. The summed E-state index contributed by atoms with van der Waals surface area (Å²) < 4.78 is 29.3. The second kappa shape index (κ2) is 6.91. The van der Waals surface area contributed by atoms with E-state index in [1.54, 1.807) is 11.6 Å². The normalized spacial score (nSPS) is 11.4. The Kier molecular flexibility index (Phi) is 4.44. The number of halogens is 2. The lowest BCUT2D eigenvalue weighted by Gasteiger charge is -2.09. The summed E-state index contributed by atoms with van der Waals surface area (Å²) in [5.74, 6) is 0. The molecule has 4 aromatic rings. The molecular weight excluding hydrogens is 344 g/mol. The first-order chi connectivity index (χ1) is 13.0. The molecule has 0 amide bonds. The highest BCUT2D eigenvalue weighted by Crippen LogP contribution is 2.33. The minimum absolute atomic E-state index is 0.0218. The Hall–Kier alpha value is -3.08. The zero-order valence-corrected chi connectivity index (χ0v) is 15.2. The molecule has 4 rings (SSSR count). The van der Waals surface area contributed by atoms with Crippen molar-refractivity contribution >= 4 is 11.0 Å². The Balaban J connectivity index is 1.90. The van der Waals surface area contributed by atoms with E-state index < -0.39 is 6.43 Å². The Labute approximate surface area is 156 Å². The van der Waals surface area contributed by atoms with Crippen LogP contribution in [0.5, 0.6) is 0 Å². The molecule has 0 atom stereocenters. The maximum absolute atomic E-state index is 13.8. The lowest BCUT2D eigenvalue weighted by atomic mass is 10.1. The molecule has 2 aromatic heterocycles. The fraction of sp³-hybridized carbons (Fsp3) is 0.182. The molecule has 0 saturated carbocycles. The van der Waals surface area contributed by atoms with Gasteiger partial charge >= 0.3 is 0 Å². The quantitative estimate of drug-likeness (QED) is 0.465. The van der Waals surface area contributed by atoms with Gasteiger partial charge in [-0.25, -0.2) is 18.4 Å². The number of fused-ring (bicyclic) bond motifs is 1. The van der Waals surface area contributed by atoms with Crippen LogP contribution in [0.4, 0.5) is 8.78 Å². The zero-order valence-electron chi connectivity index (χ0n) is 15.2. The van der Waals surface area contributed by atoms with Crippen LogP contribution in [0.3, 0.4) is 0 Å². The number of pyridine rings is 1. The first kappa shape index (κ1) is 17.3. The van der Waals surface area contributed by atoms with Crippen molar-refractivity contribution in [1.29, 1.82) is 0 Å². The van der Waals surface area contributed by atoms with Crippen LogP contribution >= 0.6 is 0 Å². The molecule has 0 aliphatic rings. The van der Waals surface area contributed by atoms with Gasteiger partial charge in [-0.1, -0.05) is 60.2 Å². The van der Waals surface area contributed by atoms with Crippen molar-refractivity contribution in [2.75, 3.05) is 0 Å². The van der Waals surface area contributed by atoms with Gasteiger partial charge in [-0.15, -0.1) is 0 Å². The van der Waals surface area contributed by atoms with Gasteiger partial charge in [0.05, 0.1) is 23.3 Å². The zero-order chi connectivity index (χ0) is 19.0. The van der Waals surface area contributed by atoms with E-state index in [1.165, 1.54) is 11.6 Å². The van der Waals surface area contributed by atoms with E-state index in [0.717, 1.165) is 11.1 Å². The van der Waals surface area contributed by atoms with Gasteiger partial charge in [-0.05, 0) is 25.5 Å².